The quantitative estimate of drug-likeness (QED) is 0.859. The third-order valence-electron chi connectivity index (χ3n) is 4.36. The van der Waals surface area contributed by atoms with Gasteiger partial charge in [-0.3, -0.25) is 4.90 Å². The number of hydrogen-bond acceptors (Lipinski definition) is 3. The predicted octanol–water partition coefficient (Wildman–Crippen LogP) is 4.34. The van der Waals surface area contributed by atoms with Crippen LogP contribution in [0.1, 0.15) is 46.9 Å². The van der Waals surface area contributed by atoms with Crippen LogP contribution in [0.15, 0.2) is 24.3 Å². The summed E-state index contributed by atoms with van der Waals surface area (Å²) in [4.78, 5) is 17.7. The summed E-state index contributed by atoms with van der Waals surface area (Å²) in [5.41, 5.74) is -0.334. The summed E-state index contributed by atoms with van der Waals surface area (Å²) < 4.78 is 14.8. The molecule has 2 aromatic rings. The molecule has 0 bridgehead atoms. The number of halogens is 1. The largest absolute Gasteiger partial charge is 0.465 e. The Labute approximate surface area is 153 Å². The SMILES string of the molecule is Cc1nc(-c2ccc(F)cc2)nn1CCC(C)(C)N(C(=O)O)C(C)(C)C. The third-order valence-corrected chi connectivity index (χ3v) is 4.36. The van der Waals surface area contributed by atoms with Crippen molar-refractivity contribution in [2.24, 2.45) is 0 Å². The molecule has 1 amide bonds. The van der Waals surface area contributed by atoms with Crippen molar-refractivity contribution in [3.8, 4) is 11.4 Å². The van der Waals surface area contributed by atoms with E-state index in [1.807, 2.05) is 41.5 Å². The van der Waals surface area contributed by atoms with Crippen LogP contribution in [0.25, 0.3) is 11.4 Å². The molecule has 0 aliphatic rings. The Morgan fingerprint density at radius 2 is 1.77 bits per heavy atom. The van der Waals surface area contributed by atoms with Gasteiger partial charge < -0.3 is 5.11 Å². The van der Waals surface area contributed by atoms with Gasteiger partial charge in [-0.05, 0) is 72.2 Å². The number of carbonyl (C=O) groups is 1. The smallest absolute Gasteiger partial charge is 0.408 e. The van der Waals surface area contributed by atoms with Gasteiger partial charge >= 0.3 is 6.09 Å². The monoisotopic (exact) mass is 362 g/mol. The topological polar surface area (TPSA) is 71.2 Å². The second-order valence-electron chi connectivity index (χ2n) is 8.06. The molecule has 0 spiro atoms. The molecular weight excluding hydrogens is 335 g/mol. The van der Waals surface area contributed by atoms with Gasteiger partial charge in [-0.25, -0.2) is 18.9 Å². The van der Waals surface area contributed by atoms with Gasteiger partial charge in [0.15, 0.2) is 5.82 Å². The van der Waals surface area contributed by atoms with Gasteiger partial charge in [-0.1, -0.05) is 0 Å². The van der Waals surface area contributed by atoms with E-state index < -0.39 is 17.2 Å². The van der Waals surface area contributed by atoms with E-state index in [9.17, 15) is 14.3 Å². The lowest BCUT2D eigenvalue weighted by Crippen LogP contribution is -2.57. The fraction of sp³-hybridized carbons (Fsp3) is 0.526. The molecule has 0 saturated carbocycles. The molecular formula is C19H27FN4O2. The number of aromatic nitrogens is 3. The standard InChI is InChI=1S/C19H27FN4O2/c1-13-21-16(14-7-9-15(20)10-8-14)22-23(13)12-11-19(5,6)24(17(25)26)18(2,3)4/h7-10H,11-12H2,1-6H3,(H,25,26). The van der Waals surface area contributed by atoms with E-state index >= 15 is 0 Å². The van der Waals surface area contributed by atoms with Crippen molar-refractivity contribution in [1.82, 2.24) is 19.7 Å². The van der Waals surface area contributed by atoms with Crippen LogP contribution in [-0.4, -0.2) is 41.9 Å². The van der Waals surface area contributed by atoms with Gasteiger partial charge in [0.1, 0.15) is 11.6 Å². The number of hydrogen-bond donors (Lipinski definition) is 1. The van der Waals surface area contributed by atoms with E-state index in [-0.39, 0.29) is 5.82 Å². The molecule has 0 aliphatic carbocycles. The zero-order chi connectivity index (χ0) is 19.7. The van der Waals surface area contributed by atoms with Crippen LogP contribution in [0.5, 0.6) is 0 Å². The van der Waals surface area contributed by atoms with Crippen LogP contribution < -0.4 is 0 Å². The highest BCUT2D eigenvalue weighted by Crippen LogP contribution is 2.28. The zero-order valence-corrected chi connectivity index (χ0v) is 16.2. The summed E-state index contributed by atoms with van der Waals surface area (Å²) in [6.45, 7) is 11.9. The fourth-order valence-electron chi connectivity index (χ4n) is 3.30. The number of nitrogens with zero attached hydrogens (tertiary/aromatic N) is 4. The normalized spacial score (nSPS) is 12.3. The van der Waals surface area contributed by atoms with E-state index in [1.54, 1.807) is 16.8 Å². The first-order chi connectivity index (χ1) is 11.9. The summed E-state index contributed by atoms with van der Waals surface area (Å²) in [6.07, 6.45) is -0.353. The minimum absolute atomic E-state index is 0.303. The summed E-state index contributed by atoms with van der Waals surface area (Å²) in [7, 11) is 0. The van der Waals surface area contributed by atoms with Crippen LogP contribution in [0.2, 0.25) is 0 Å². The molecule has 1 aromatic heterocycles. The first-order valence-corrected chi connectivity index (χ1v) is 8.62. The molecule has 0 atom stereocenters. The molecule has 1 N–H and O–H groups in total. The molecule has 0 aliphatic heterocycles. The van der Waals surface area contributed by atoms with Crippen molar-refractivity contribution in [1.29, 1.82) is 0 Å². The van der Waals surface area contributed by atoms with Crippen LogP contribution >= 0.6 is 0 Å². The predicted molar refractivity (Wildman–Crippen MR) is 98.5 cm³/mol. The van der Waals surface area contributed by atoms with Gasteiger partial charge in [0.05, 0.1) is 0 Å². The molecule has 1 heterocycles. The van der Waals surface area contributed by atoms with Crippen LogP contribution in [0, 0.1) is 12.7 Å². The van der Waals surface area contributed by atoms with Crippen molar-refractivity contribution < 1.29 is 14.3 Å². The van der Waals surface area contributed by atoms with Crippen LogP contribution in [0.3, 0.4) is 0 Å². The molecule has 2 rings (SSSR count). The Hall–Kier alpha value is -2.44. The molecule has 142 valence electrons. The Kier molecular flexibility index (Phi) is 5.39. The first kappa shape index (κ1) is 19.9. The summed E-state index contributed by atoms with van der Waals surface area (Å²) >= 11 is 0. The Morgan fingerprint density at radius 1 is 1.19 bits per heavy atom. The number of carboxylic acid groups (broad SMARTS) is 1. The van der Waals surface area contributed by atoms with Crippen molar-refractivity contribution in [2.75, 3.05) is 0 Å². The number of aryl methyl sites for hydroxylation is 2. The molecule has 1 aromatic carbocycles. The highest BCUT2D eigenvalue weighted by Gasteiger charge is 2.38. The molecule has 0 radical (unpaired) electrons. The maximum absolute atomic E-state index is 13.1. The Morgan fingerprint density at radius 3 is 2.27 bits per heavy atom. The van der Waals surface area contributed by atoms with E-state index in [0.717, 1.165) is 11.4 Å². The number of benzene rings is 1. The lowest BCUT2D eigenvalue weighted by Gasteiger charge is -2.45. The molecule has 26 heavy (non-hydrogen) atoms. The maximum atomic E-state index is 13.1. The fourth-order valence-corrected chi connectivity index (χ4v) is 3.30. The van der Waals surface area contributed by atoms with E-state index in [4.69, 9.17) is 0 Å². The van der Waals surface area contributed by atoms with Crippen molar-refractivity contribution in [3.05, 3.63) is 35.9 Å². The van der Waals surface area contributed by atoms with E-state index in [1.165, 1.54) is 17.0 Å². The molecule has 0 saturated heterocycles. The second-order valence-corrected chi connectivity index (χ2v) is 8.06. The third kappa shape index (κ3) is 4.39. The van der Waals surface area contributed by atoms with Crippen molar-refractivity contribution in [3.63, 3.8) is 0 Å². The lowest BCUT2D eigenvalue weighted by atomic mass is 9.92. The molecule has 0 fully saturated rings. The van der Waals surface area contributed by atoms with Gasteiger partial charge in [-0.2, -0.15) is 5.10 Å². The lowest BCUT2D eigenvalue weighted by molar-refractivity contribution is 0.0266. The molecule has 6 nitrogen and oxygen atoms in total. The van der Waals surface area contributed by atoms with Gasteiger partial charge in [0.2, 0.25) is 0 Å². The number of rotatable bonds is 5. The van der Waals surface area contributed by atoms with E-state index in [0.29, 0.717) is 18.8 Å². The maximum Gasteiger partial charge on any atom is 0.408 e. The van der Waals surface area contributed by atoms with Gasteiger partial charge in [0, 0.05) is 23.2 Å². The Balaban J connectivity index is 2.18. The van der Waals surface area contributed by atoms with Crippen LogP contribution in [-0.2, 0) is 6.54 Å². The van der Waals surface area contributed by atoms with Gasteiger partial charge in [-0.15, -0.1) is 0 Å². The average Bonchev–Trinajstić information content (AvgIpc) is 2.84. The number of amides is 1. The molecule has 7 heteroatoms. The summed E-state index contributed by atoms with van der Waals surface area (Å²) in [6, 6.07) is 6.04. The Bertz CT molecular complexity index is 776. The minimum atomic E-state index is -0.940. The van der Waals surface area contributed by atoms with E-state index in [2.05, 4.69) is 10.1 Å². The minimum Gasteiger partial charge on any atom is -0.465 e. The summed E-state index contributed by atoms with van der Waals surface area (Å²) in [5.74, 6) is 0.964. The average molecular weight is 362 g/mol. The van der Waals surface area contributed by atoms with Gasteiger partial charge in [0.25, 0.3) is 0 Å². The zero-order valence-electron chi connectivity index (χ0n) is 16.2. The van der Waals surface area contributed by atoms with Crippen LogP contribution in [0.4, 0.5) is 9.18 Å². The van der Waals surface area contributed by atoms with Crippen molar-refractivity contribution >= 4 is 6.09 Å². The highest BCUT2D eigenvalue weighted by molar-refractivity contribution is 5.67. The highest BCUT2D eigenvalue weighted by atomic mass is 19.1. The first-order valence-electron chi connectivity index (χ1n) is 8.62. The van der Waals surface area contributed by atoms with Crippen molar-refractivity contribution in [2.45, 2.75) is 65.6 Å². The molecule has 0 unspecified atom stereocenters. The second kappa shape index (κ2) is 7.05. The summed E-state index contributed by atoms with van der Waals surface area (Å²) in [5, 5.41) is 14.1.